The highest BCUT2D eigenvalue weighted by molar-refractivity contribution is 7.18. The van der Waals surface area contributed by atoms with Crippen LogP contribution >= 0.6 is 11.3 Å². The van der Waals surface area contributed by atoms with Crippen molar-refractivity contribution in [3.8, 4) is 11.6 Å². The number of ether oxygens (including phenoxy) is 1. The van der Waals surface area contributed by atoms with Gasteiger partial charge in [-0.2, -0.15) is 4.98 Å². The van der Waals surface area contributed by atoms with E-state index in [-0.39, 0.29) is 0 Å². The Morgan fingerprint density at radius 3 is 2.85 bits per heavy atom. The van der Waals surface area contributed by atoms with Crippen LogP contribution in [0.2, 0.25) is 0 Å². The Balaban J connectivity index is 2.12. The minimum Gasteiger partial charge on any atom is -0.436 e. The van der Waals surface area contributed by atoms with Gasteiger partial charge in [-0.1, -0.05) is 0 Å². The maximum atomic E-state index is 5.93. The van der Waals surface area contributed by atoms with Gasteiger partial charge in [0.25, 0.3) is 0 Å². The molecule has 0 saturated carbocycles. The molecule has 0 atom stereocenters. The molecule has 0 spiro atoms. The summed E-state index contributed by atoms with van der Waals surface area (Å²) in [6, 6.07) is 5.77. The molecular formula is C14H14N4OS. The largest absolute Gasteiger partial charge is 0.436 e. The third kappa shape index (κ3) is 2.30. The topological polar surface area (TPSA) is 59.9 Å². The van der Waals surface area contributed by atoms with E-state index >= 15 is 0 Å². The Kier molecular flexibility index (Phi) is 3.23. The molecule has 0 saturated heterocycles. The quantitative estimate of drug-likeness (QED) is 0.798. The number of hydrogen-bond donors (Lipinski definition) is 1. The molecule has 0 fully saturated rings. The molecule has 6 heteroatoms. The lowest BCUT2D eigenvalue weighted by Crippen LogP contribution is -1.99. The van der Waals surface area contributed by atoms with Gasteiger partial charge in [-0.25, -0.2) is 4.98 Å². The lowest BCUT2D eigenvalue weighted by atomic mass is 10.3. The van der Waals surface area contributed by atoms with Gasteiger partial charge < -0.3 is 10.1 Å². The Morgan fingerprint density at radius 1 is 1.25 bits per heavy atom. The monoisotopic (exact) mass is 286 g/mol. The van der Waals surface area contributed by atoms with Gasteiger partial charge in [0.1, 0.15) is 4.83 Å². The van der Waals surface area contributed by atoms with Crippen molar-refractivity contribution in [1.82, 2.24) is 15.0 Å². The van der Waals surface area contributed by atoms with Crippen LogP contribution in [-0.2, 0) is 0 Å². The molecule has 5 nitrogen and oxygen atoms in total. The van der Waals surface area contributed by atoms with Gasteiger partial charge >= 0.3 is 0 Å². The predicted octanol–water partition coefficient (Wildman–Crippen LogP) is 3.54. The third-order valence-electron chi connectivity index (χ3n) is 2.87. The Bertz CT molecular complexity index is 769. The summed E-state index contributed by atoms with van der Waals surface area (Å²) < 4.78 is 5.93. The minimum atomic E-state index is 0.552. The average Bonchev–Trinajstić information content (AvgIpc) is 2.81. The minimum absolute atomic E-state index is 0.552. The van der Waals surface area contributed by atoms with Crippen LogP contribution < -0.4 is 10.1 Å². The van der Waals surface area contributed by atoms with E-state index in [0.29, 0.717) is 17.6 Å². The summed E-state index contributed by atoms with van der Waals surface area (Å²) in [4.78, 5) is 15.2. The normalized spacial score (nSPS) is 10.8. The van der Waals surface area contributed by atoms with Crippen LogP contribution in [0.25, 0.3) is 10.2 Å². The van der Waals surface area contributed by atoms with E-state index in [1.165, 1.54) is 4.88 Å². The van der Waals surface area contributed by atoms with Crippen molar-refractivity contribution < 1.29 is 4.74 Å². The van der Waals surface area contributed by atoms with Crippen LogP contribution in [-0.4, -0.2) is 22.0 Å². The summed E-state index contributed by atoms with van der Waals surface area (Å²) in [7, 11) is 1.79. The van der Waals surface area contributed by atoms with Crippen molar-refractivity contribution in [2.24, 2.45) is 0 Å². The van der Waals surface area contributed by atoms with Crippen LogP contribution in [0.3, 0.4) is 0 Å². The summed E-state index contributed by atoms with van der Waals surface area (Å²) >= 11 is 1.62. The van der Waals surface area contributed by atoms with Crippen molar-refractivity contribution in [2.75, 3.05) is 12.4 Å². The zero-order valence-corrected chi connectivity index (χ0v) is 12.3. The van der Waals surface area contributed by atoms with Crippen molar-refractivity contribution in [3.63, 3.8) is 0 Å². The van der Waals surface area contributed by atoms with E-state index in [2.05, 4.69) is 20.3 Å². The summed E-state index contributed by atoms with van der Waals surface area (Å²) in [5.41, 5.74) is 0.831. The second kappa shape index (κ2) is 5.05. The molecule has 0 aliphatic heterocycles. The van der Waals surface area contributed by atoms with E-state index < -0.39 is 0 Å². The number of nitrogens with zero attached hydrogens (tertiary/aromatic N) is 3. The molecule has 3 rings (SSSR count). The zero-order valence-electron chi connectivity index (χ0n) is 11.5. The van der Waals surface area contributed by atoms with Gasteiger partial charge in [0.05, 0.1) is 11.1 Å². The van der Waals surface area contributed by atoms with E-state index in [0.717, 1.165) is 15.9 Å². The molecule has 1 N–H and O–H groups in total. The fourth-order valence-corrected chi connectivity index (χ4v) is 2.76. The Morgan fingerprint density at radius 2 is 2.10 bits per heavy atom. The van der Waals surface area contributed by atoms with Gasteiger partial charge in [-0.15, -0.1) is 11.3 Å². The molecule has 0 bridgehead atoms. The standard InChI is InChI=1S/C14H14N4OS/c1-8-7-10-12(17-14(15-3)18-13(10)20-8)19-11-5-4-6-16-9(11)2/h4-7H,1-3H3,(H,15,17,18). The molecule has 0 amide bonds. The maximum absolute atomic E-state index is 5.93. The first-order valence-electron chi connectivity index (χ1n) is 6.23. The molecule has 0 aromatic carbocycles. The molecule has 0 unspecified atom stereocenters. The molecule has 20 heavy (non-hydrogen) atoms. The first-order chi connectivity index (χ1) is 9.67. The Labute approximate surface area is 120 Å². The summed E-state index contributed by atoms with van der Waals surface area (Å²) in [5.74, 6) is 1.81. The third-order valence-corrected chi connectivity index (χ3v) is 3.81. The number of fused-ring (bicyclic) bond motifs is 1. The molecule has 3 heterocycles. The predicted molar refractivity (Wildman–Crippen MR) is 80.7 cm³/mol. The SMILES string of the molecule is CNc1nc(Oc2cccnc2C)c2cc(C)sc2n1. The number of hydrogen-bond acceptors (Lipinski definition) is 6. The molecule has 0 radical (unpaired) electrons. The van der Waals surface area contributed by atoms with Gasteiger partial charge in [0.2, 0.25) is 11.8 Å². The first kappa shape index (κ1) is 12.8. The van der Waals surface area contributed by atoms with Crippen molar-refractivity contribution in [1.29, 1.82) is 0 Å². The second-order valence-electron chi connectivity index (χ2n) is 4.37. The number of pyridine rings is 1. The van der Waals surface area contributed by atoms with Gasteiger partial charge in [0.15, 0.2) is 5.75 Å². The fourth-order valence-electron chi connectivity index (χ4n) is 1.89. The maximum Gasteiger partial charge on any atom is 0.232 e. The Hall–Kier alpha value is -2.21. The fraction of sp³-hybridized carbons (Fsp3) is 0.214. The summed E-state index contributed by atoms with van der Waals surface area (Å²) in [6.07, 6.45) is 1.74. The van der Waals surface area contributed by atoms with E-state index in [1.54, 1.807) is 24.6 Å². The lowest BCUT2D eigenvalue weighted by molar-refractivity contribution is 0.462. The molecular weight excluding hydrogens is 272 g/mol. The van der Waals surface area contributed by atoms with Crippen molar-refractivity contribution in [2.45, 2.75) is 13.8 Å². The van der Waals surface area contributed by atoms with Gasteiger partial charge in [0, 0.05) is 18.1 Å². The van der Waals surface area contributed by atoms with E-state index in [1.807, 2.05) is 32.0 Å². The molecule has 0 aliphatic carbocycles. The van der Waals surface area contributed by atoms with Crippen molar-refractivity contribution >= 4 is 27.5 Å². The first-order valence-corrected chi connectivity index (χ1v) is 7.04. The highest BCUT2D eigenvalue weighted by atomic mass is 32.1. The molecule has 102 valence electrons. The second-order valence-corrected chi connectivity index (χ2v) is 5.60. The van der Waals surface area contributed by atoms with Crippen molar-refractivity contribution in [3.05, 3.63) is 35.0 Å². The number of nitrogens with one attached hydrogen (secondary N) is 1. The molecule has 0 aliphatic rings. The lowest BCUT2D eigenvalue weighted by Gasteiger charge is -2.08. The molecule has 3 aromatic rings. The zero-order chi connectivity index (χ0) is 14.1. The van der Waals surface area contributed by atoms with Crippen LogP contribution in [0.4, 0.5) is 5.95 Å². The smallest absolute Gasteiger partial charge is 0.232 e. The van der Waals surface area contributed by atoms with Crippen LogP contribution in [0.15, 0.2) is 24.4 Å². The molecule has 3 aromatic heterocycles. The summed E-state index contributed by atoms with van der Waals surface area (Å²) in [6.45, 7) is 3.95. The van der Waals surface area contributed by atoms with E-state index in [9.17, 15) is 0 Å². The number of aryl methyl sites for hydroxylation is 2. The van der Waals surface area contributed by atoms with Crippen LogP contribution in [0, 0.1) is 13.8 Å². The number of rotatable bonds is 3. The average molecular weight is 286 g/mol. The highest BCUT2D eigenvalue weighted by Gasteiger charge is 2.13. The number of aromatic nitrogens is 3. The number of anilines is 1. The van der Waals surface area contributed by atoms with Gasteiger partial charge in [-0.05, 0) is 32.0 Å². The summed E-state index contributed by atoms with van der Waals surface area (Å²) in [5, 5.41) is 3.88. The van der Waals surface area contributed by atoms with E-state index in [4.69, 9.17) is 4.74 Å². The van der Waals surface area contributed by atoms with Crippen LogP contribution in [0.1, 0.15) is 10.6 Å². The van der Waals surface area contributed by atoms with Crippen LogP contribution in [0.5, 0.6) is 11.6 Å². The van der Waals surface area contributed by atoms with Gasteiger partial charge in [-0.3, -0.25) is 4.98 Å². The highest BCUT2D eigenvalue weighted by Crippen LogP contribution is 2.33. The number of thiophene rings is 1.